The highest BCUT2D eigenvalue weighted by atomic mass is 16.3. The van der Waals surface area contributed by atoms with Crippen LogP contribution in [0.2, 0.25) is 0 Å². The van der Waals surface area contributed by atoms with Crippen LogP contribution in [0.25, 0.3) is 0 Å². The van der Waals surface area contributed by atoms with Crippen LogP contribution in [-0.2, 0) is 11.2 Å². The molecule has 0 amide bonds. The first-order valence-electron chi connectivity index (χ1n) is 5.58. The third-order valence-corrected chi connectivity index (χ3v) is 2.94. The molecule has 3 heteroatoms. The molecule has 1 aliphatic rings. The summed E-state index contributed by atoms with van der Waals surface area (Å²) in [5, 5.41) is 8.83. The van der Waals surface area contributed by atoms with Gasteiger partial charge in [-0.15, -0.1) is 0 Å². The number of ketones is 1. The zero-order valence-electron chi connectivity index (χ0n) is 9.52. The van der Waals surface area contributed by atoms with Crippen LogP contribution in [0.15, 0.2) is 53.3 Å². The molecule has 0 heterocycles. The number of allylic oxidation sites excluding steroid dienone is 2. The molecule has 0 saturated carbocycles. The van der Waals surface area contributed by atoms with Crippen LogP contribution >= 0.6 is 0 Å². The van der Waals surface area contributed by atoms with Crippen molar-refractivity contribution in [1.82, 2.24) is 0 Å². The van der Waals surface area contributed by atoms with Crippen molar-refractivity contribution in [2.24, 2.45) is 5.73 Å². The Morgan fingerprint density at radius 1 is 1.29 bits per heavy atom. The van der Waals surface area contributed by atoms with Crippen LogP contribution in [0.5, 0.6) is 0 Å². The lowest BCUT2D eigenvalue weighted by Crippen LogP contribution is -2.12. The Morgan fingerprint density at radius 3 is 2.65 bits per heavy atom. The van der Waals surface area contributed by atoms with Gasteiger partial charge in [-0.25, -0.2) is 0 Å². The molecule has 2 rings (SSSR count). The van der Waals surface area contributed by atoms with E-state index in [0.717, 1.165) is 12.0 Å². The van der Waals surface area contributed by atoms with Gasteiger partial charge in [0, 0.05) is 11.3 Å². The van der Waals surface area contributed by atoms with E-state index < -0.39 is 6.61 Å². The smallest absolute Gasteiger partial charge is 0.186 e. The van der Waals surface area contributed by atoms with Gasteiger partial charge in [0.05, 0.1) is 0 Å². The van der Waals surface area contributed by atoms with Crippen LogP contribution in [0.4, 0.5) is 0 Å². The minimum absolute atomic E-state index is 0.276. The Kier molecular flexibility index (Phi) is 3.40. The lowest BCUT2D eigenvalue weighted by atomic mass is 10.0. The summed E-state index contributed by atoms with van der Waals surface area (Å²) in [5.41, 5.74) is 9.15. The number of aliphatic hydroxyl groups excluding tert-OH is 1. The first-order chi connectivity index (χ1) is 8.22. The fourth-order valence-electron chi connectivity index (χ4n) is 1.98. The number of rotatable bonds is 4. The molecular formula is C14H15NO2. The first-order valence-corrected chi connectivity index (χ1v) is 5.58. The highest BCUT2D eigenvalue weighted by Crippen LogP contribution is 2.25. The van der Waals surface area contributed by atoms with Crippen LogP contribution in [-0.4, -0.2) is 17.5 Å². The average molecular weight is 229 g/mol. The normalized spacial score (nSPS) is 15.0. The predicted molar refractivity (Wildman–Crippen MR) is 66.2 cm³/mol. The molecule has 3 N–H and O–H groups in total. The Labute approximate surface area is 100 Å². The van der Waals surface area contributed by atoms with Gasteiger partial charge in [-0.2, -0.15) is 0 Å². The van der Waals surface area contributed by atoms with Crippen molar-refractivity contribution in [3.05, 3.63) is 58.8 Å². The number of carbonyl (C=O) groups excluding carboxylic acids is 1. The van der Waals surface area contributed by atoms with Crippen molar-refractivity contribution >= 4 is 5.78 Å². The van der Waals surface area contributed by atoms with Crippen molar-refractivity contribution in [3.8, 4) is 0 Å². The maximum Gasteiger partial charge on any atom is 0.186 e. The second-order valence-electron chi connectivity index (χ2n) is 4.07. The van der Waals surface area contributed by atoms with Crippen molar-refractivity contribution in [2.45, 2.75) is 12.8 Å². The summed E-state index contributed by atoms with van der Waals surface area (Å²) in [7, 11) is 0. The van der Waals surface area contributed by atoms with Crippen LogP contribution in [0.1, 0.15) is 12.0 Å². The van der Waals surface area contributed by atoms with E-state index in [1.54, 1.807) is 0 Å². The SMILES string of the molecule is NC1=C(C(=O)CO)CC=C1Cc1ccccc1. The Hall–Kier alpha value is -1.87. The molecule has 17 heavy (non-hydrogen) atoms. The molecule has 0 radical (unpaired) electrons. The van der Waals surface area contributed by atoms with Gasteiger partial charge in [0.1, 0.15) is 6.61 Å². The fourth-order valence-corrected chi connectivity index (χ4v) is 1.98. The second kappa shape index (κ2) is 4.97. The molecule has 0 unspecified atom stereocenters. The Morgan fingerprint density at radius 2 is 2.00 bits per heavy atom. The van der Waals surface area contributed by atoms with E-state index in [0.29, 0.717) is 17.7 Å². The molecule has 3 nitrogen and oxygen atoms in total. The summed E-state index contributed by atoms with van der Waals surface area (Å²) in [5.74, 6) is -0.276. The zero-order chi connectivity index (χ0) is 12.3. The highest BCUT2D eigenvalue weighted by Gasteiger charge is 2.19. The van der Waals surface area contributed by atoms with E-state index in [1.165, 1.54) is 5.56 Å². The summed E-state index contributed by atoms with van der Waals surface area (Å²) in [4.78, 5) is 11.4. The Bertz CT molecular complexity index is 486. The van der Waals surface area contributed by atoms with Gasteiger partial charge in [-0.3, -0.25) is 4.79 Å². The standard InChI is InChI=1S/C14H15NO2/c15-14-11(6-7-12(14)13(17)9-16)8-10-4-2-1-3-5-10/h1-6,16H,7-9,15H2. The van der Waals surface area contributed by atoms with Crippen LogP contribution < -0.4 is 5.73 Å². The van der Waals surface area contributed by atoms with Crippen molar-refractivity contribution in [1.29, 1.82) is 0 Å². The summed E-state index contributed by atoms with van der Waals surface area (Å²) in [6.45, 7) is -0.470. The van der Waals surface area contributed by atoms with Gasteiger partial charge in [0.15, 0.2) is 5.78 Å². The lowest BCUT2D eigenvalue weighted by Gasteiger charge is -2.06. The third-order valence-electron chi connectivity index (χ3n) is 2.94. The van der Waals surface area contributed by atoms with Crippen LogP contribution in [0, 0.1) is 0 Å². The van der Waals surface area contributed by atoms with Crippen molar-refractivity contribution in [3.63, 3.8) is 0 Å². The number of hydrogen-bond acceptors (Lipinski definition) is 3. The third kappa shape index (κ3) is 2.45. The molecule has 0 bridgehead atoms. The quantitative estimate of drug-likeness (QED) is 0.818. The molecule has 1 aliphatic carbocycles. The van der Waals surface area contributed by atoms with E-state index >= 15 is 0 Å². The van der Waals surface area contributed by atoms with Gasteiger partial charge in [0.25, 0.3) is 0 Å². The number of carbonyl (C=O) groups is 1. The lowest BCUT2D eigenvalue weighted by molar-refractivity contribution is -0.118. The predicted octanol–water partition coefficient (Wildman–Crippen LogP) is 1.33. The number of nitrogens with two attached hydrogens (primary N) is 1. The maximum atomic E-state index is 11.4. The maximum absolute atomic E-state index is 11.4. The molecular weight excluding hydrogens is 214 g/mol. The topological polar surface area (TPSA) is 63.3 Å². The molecule has 0 spiro atoms. The molecule has 1 aromatic rings. The highest BCUT2D eigenvalue weighted by molar-refractivity contribution is 5.98. The molecule has 1 aromatic carbocycles. The monoisotopic (exact) mass is 229 g/mol. The minimum atomic E-state index is -0.470. The summed E-state index contributed by atoms with van der Waals surface area (Å²) >= 11 is 0. The van der Waals surface area contributed by atoms with E-state index in [2.05, 4.69) is 0 Å². The van der Waals surface area contributed by atoms with Crippen molar-refractivity contribution in [2.75, 3.05) is 6.61 Å². The van der Waals surface area contributed by atoms with E-state index in [9.17, 15) is 4.79 Å². The number of Topliss-reactive ketones (excluding diaryl/α,β-unsaturated/α-hetero) is 1. The number of benzene rings is 1. The van der Waals surface area contributed by atoms with Gasteiger partial charge in [-0.05, 0) is 24.0 Å². The van der Waals surface area contributed by atoms with E-state index in [-0.39, 0.29) is 5.78 Å². The minimum Gasteiger partial charge on any atom is -0.398 e. The molecule has 0 aliphatic heterocycles. The average Bonchev–Trinajstić information content (AvgIpc) is 2.72. The fraction of sp³-hybridized carbons (Fsp3) is 0.214. The number of aliphatic hydroxyl groups is 1. The van der Waals surface area contributed by atoms with E-state index in [1.807, 2.05) is 36.4 Å². The molecule has 0 fully saturated rings. The van der Waals surface area contributed by atoms with Gasteiger partial charge >= 0.3 is 0 Å². The van der Waals surface area contributed by atoms with Gasteiger partial charge < -0.3 is 10.8 Å². The van der Waals surface area contributed by atoms with Gasteiger partial charge in [-0.1, -0.05) is 36.4 Å². The largest absolute Gasteiger partial charge is 0.398 e. The summed E-state index contributed by atoms with van der Waals surface area (Å²) in [6, 6.07) is 9.97. The molecule has 0 saturated heterocycles. The van der Waals surface area contributed by atoms with Crippen molar-refractivity contribution < 1.29 is 9.90 Å². The second-order valence-corrected chi connectivity index (χ2v) is 4.07. The molecule has 0 atom stereocenters. The molecule has 88 valence electrons. The Balaban J connectivity index is 2.15. The summed E-state index contributed by atoms with van der Waals surface area (Å²) in [6.07, 6.45) is 3.23. The van der Waals surface area contributed by atoms with E-state index in [4.69, 9.17) is 10.8 Å². The number of hydrogen-bond donors (Lipinski definition) is 2. The van der Waals surface area contributed by atoms with Gasteiger partial charge in [0.2, 0.25) is 0 Å². The zero-order valence-corrected chi connectivity index (χ0v) is 9.52. The van der Waals surface area contributed by atoms with Crippen LogP contribution in [0.3, 0.4) is 0 Å². The molecule has 0 aromatic heterocycles. The summed E-state index contributed by atoms with van der Waals surface area (Å²) < 4.78 is 0. The first kappa shape index (κ1) is 11.6.